The first-order valence-electron chi connectivity index (χ1n) is 4.24. The summed E-state index contributed by atoms with van der Waals surface area (Å²) in [4.78, 5) is 11.8. The Morgan fingerprint density at radius 1 is 1.27 bits per heavy atom. The highest BCUT2D eigenvalue weighted by atomic mass is 32.1. The molecule has 1 aromatic heterocycles. The monoisotopic (exact) mass is 222 g/mol. The number of rotatable bonds is 2. The number of phenolic OH excluding ortho intramolecular Hbond substituents is 1. The first-order valence-corrected chi connectivity index (χ1v) is 5.05. The Kier molecular flexibility index (Phi) is 2.51. The minimum atomic E-state index is -0.494. The molecule has 0 spiro atoms. The maximum Gasteiger partial charge on any atom is 0.160 e. The van der Waals surface area contributed by atoms with Crippen LogP contribution >= 0.6 is 11.3 Å². The highest BCUT2D eigenvalue weighted by Gasteiger charge is 2.05. The molecule has 0 aliphatic heterocycles. The number of benzene rings is 1. The van der Waals surface area contributed by atoms with Crippen LogP contribution in [-0.2, 0) is 0 Å². The fourth-order valence-corrected chi connectivity index (χ4v) is 2.10. The zero-order valence-corrected chi connectivity index (χ0v) is 8.42. The summed E-state index contributed by atoms with van der Waals surface area (Å²) in [6, 6.07) is 7.21. The van der Waals surface area contributed by atoms with Crippen LogP contribution < -0.4 is 0 Å². The van der Waals surface area contributed by atoms with E-state index in [1.807, 2.05) is 0 Å². The van der Waals surface area contributed by atoms with E-state index in [1.54, 1.807) is 12.1 Å². The number of aromatic hydroxyl groups is 1. The van der Waals surface area contributed by atoms with Crippen molar-refractivity contribution >= 4 is 17.6 Å². The maximum absolute atomic E-state index is 13.0. The zero-order chi connectivity index (χ0) is 10.8. The summed E-state index contributed by atoms with van der Waals surface area (Å²) in [7, 11) is 0. The summed E-state index contributed by atoms with van der Waals surface area (Å²) in [5.74, 6) is -0.614. The Balaban J connectivity index is 2.48. The van der Waals surface area contributed by atoms with Gasteiger partial charge in [-0.15, -0.1) is 11.3 Å². The standard InChI is InChI=1S/C11H7FO2S/c12-8-3-7(4-9(14)5-8)11-2-1-10(6-13)15-11/h1-6,14H. The Labute approximate surface area is 89.6 Å². The average Bonchev–Trinajstić information content (AvgIpc) is 2.64. The van der Waals surface area contributed by atoms with Gasteiger partial charge in [0.2, 0.25) is 0 Å². The second-order valence-corrected chi connectivity index (χ2v) is 4.13. The van der Waals surface area contributed by atoms with Crippen LogP contribution in [0.3, 0.4) is 0 Å². The van der Waals surface area contributed by atoms with Gasteiger partial charge in [-0.05, 0) is 29.8 Å². The number of halogens is 1. The molecule has 15 heavy (non-hydrogen) atoms. The van der Waals surface area contributed by atoms with E-state index in [-0.39, 0.29) is 5.75 Å². The molecule has 2 nitrogen and oxygen atoms in total. The number of hydrogen-bond donors (Lipinski definition) is 1. The van der Waals surface area contributed by atoms with E-state index in [0.29, 0.717) is 10.4 Å². The highest BCUT2D eigenvalue weighted by Crippen LogP contribution is 2.30. The van der Waals surface area contributed by atoms with E-state index < -0.39 is 5.82 Å². The minimum absolute atomic E-state index is 0.119. The summed E-state index contributed by atoms with van der Waals surface area (Å²) < 4.78 is 13.0. The normalized spacial score (nSPS) is 10.2. The summed E-state index contributed by atoms with van der Waals surface area (Å²) in [5.41, 5.74) is 0.575. The summed E-state index contributed by atoms with van der Waals surface area (Å²) in [6.07, 6.45) is 0.743. The van der Waals surface area contributed by atoms with Gasteiger partial charge in [-0.1, -0.05) is 0 Å². The molecule has 0 amide bonds. The molecule has 0 atom stereocenters. The van der Waals surface area contributed by atoms with Crippen LogP contribution in [0.1, 0.15) is 9.67 Å². The van der Waals surface area contributed by atoms with Crippen LogP contribution in [0.4, 0.5) is 4.39 Å². The Morgan fingerprint density at radius 3 is 2.67 bits per heavy atom. The van der Waals surface area contributed by atoms with Crippen molar-refractivity contribution in [3.8, 4) is 16.2 Å². The molecule has 4 heteroatoms. The fourth-order valence-electron chi connectivity index (χ4n) is 1.29. The summed E-state index contributed by atoms with van der Waals surface area (Å²) >= 11 is 1.26. The van der Waals surface area contributed by atoms with Crippen LogP contribution in [-0.4, -0.2) is 11.4 Å². The predicted octanol–water partition coefficient (Wildman–Crippen LogP) is 3.07. The van der Waals surface area contributed by atoms with Gasteiger partial charge in [-0.3, -0.25) is 4.79 Å². The van der Waals surface area contributed by atoms with Crippen LogP contribution in [0.2, 0.25) is 0 Å². The predicted molar refractivity (Wildman–Crippen MR) is 56.8 cm³/mol. The van der Waals surface area contributed by atoms with Gasteiger partial charge in [0.25, 0.3) is 0 Å². The maximum atomic E-state index is 13.0. The van der Waals surface area contributed by atoms with E-state index >= 15 is 0 Å². The molecular formula is C11H7FO2S. The van der Waals surface area contributed by atoms with Crippen LogP contribution in [0, 0.1) is 5.82 Å². The number of hydrogen-bond acceptors (Lipinski definition) is 3. The van der Waals surface area contributed by atoms with Crippen molar-refractivity contribution in [3.05, 3.63) is 41.0 Å². The fraction of sp³-hybridized carbons (Fsp3) is 0. The van der Waals surface area contributed by atoms with Gasteiger partial charge in [0.05, 0.1) is 4.88 Å². The number of aldehydes is 1. The molecule has 1 N–H and O–H groups in total. The Hall–Kier alpha value is -1.68. The number of phenols is 1. The van der Waals surface area contributed by atoms with Crippen molar-refractivity contribution in [1.29, 1.82) is 0 Å². The summed E-state index contributed by atoms with van der Waals surface area (Å²) in [6.45, 7) is 0. The number of carbonyl (C=O) groups excluding carboxylic acids is 1. The molecule has 0 fully saturated rings. The third kappa shape index (κ3) is 2.05. The second kappa shape index (κ2) is 3.82. The lowest BCUT2D eigenvalue weighted by atomic mass is 10.2. The van der Waals surface area contributed by atoms with Crippen molar-refractivity contribution in [2.45, 2.75) is 0 Å². The molecular weight excluding hydrogens is 215 g/mol. The molecule has 0 aliphatic carbocycles. The second-order valence-electron chi connectivity index (χ2n) is 3.02. The van der Waals surface area contributed by atoms with E-state index in [1.165, 1.54) is 23.5 Å². The SMILES string of the molecule is O=Cc1ccc(-c2cc(O)cc(F)c2)s1. The molecule has 0 saturated carbocycles. The molecule has 0 unspecified atom stereocenters. The van der Waals surface area contributed by atoms with Crippen molar-refractivity contribution in [1.82, 2.24) is 0 Å². The van der Waals surface area contributed by atoms with Gasteiger partial charge < -0.3 is 5.11 Å². The van der Waals surface area contributed by atoms with Crippen LogP contribution in [0.5, 0.6) is 5.75 Å². The van der Waals surface area contributed by atoms with Crippen molar-refractivity contribution in [2.24, 2.45) is 0 Å². The van der Waals surface area contributed by atoms with Gasteiger partial charge in [0.1, 0.15) is 11.6 Å². The third-order valence-corrected chi connectivity index (χ3v) is 2.97. The largest absolute Gasteiger partial charge is 0.508 e. The molecule has 76 valence electrons. The van der Waals surface area contributed by atoms with Gasteiger partial charge in [-0.2, -0.15) is 0 Å². The lowest BCUT2D eigenvalue weighted by molar-refractivity contribution is 0.112. The molecule has 2 aromatic rings. The van der Waals surface area contributed by atoms with Crippen molar-refractivity contribution in [3.63, 3.8) is 0 Å². The Morgan fingerprint density at radius 2 is 2.07 bits per heavy atom. The van der Waals surface area contributed by atoms with E-state index in [4.69, 9.17) is 0 Å². The van der Waals surface area contributed by atoms with Crippen LogP contribution in [0.15, 0.2) is 30.3 Å². The van der Waals surface area contributed by atoms with E-state index in [9.17, 15) is 14.3 Å². The first kappa shape index (κ1) is 9.86. The smallest absolute Gasteiger partial charge is 0.160 e. The van der Waals surface area contributed by atoms with Crippen molar-refractivity contribution < 1.29 is 14.3 Å². The topological polar surface area (TPSA) is 37.3 Å². The number of carbonyl (C=O) groups is 1. The molecule has 0 radical (unpaired) electrons. The van der Waals surface area contributed by atoms with Gasteiger partial charge >= 0.3 is 0 Å². The molecule has 0 aliphatic rings. The van der Waals surface area contributed by atoms with Crippen LogP contribution in [0.25, 0.3) is 10.4 Å². The summed E-state index contributed by atoms with van der Waals surface area (Å²) in [5, 5.41) is 9.21. The zero-order valence-electron chi connectivity index (χ0n) is 7.61. The van der Waals surface area contributed by atoms with E-state index in [0.717, 1.165) is 17.2 Å². The third-order valence-electron chi connectivity index (χ3n) is 1.91. The minimum Gasteiger partial charge on any atom is -0.508 e. The van der Waals surface area contributed by atoms with E-state index in [2.05, 4.69) is 0 Å². The molecule has 2 rings (SSSR count). The Bertz CT molecular complexity index is 485. The number of thiophene rings is 1. The highest BCUT2D eigenvalue weighted by molar-refractivity contribution is 7.17. The van der Waals surface area contributed by atoms with Gasteiger partial charge in [0.15, 0.2) is 6.29 Å². The first-order chi connectivity index (χ1) is 7.19. The molecule has 0 bridgehead atoms. The van der Waals surface area contributed by atoms with Gasteiger partial charge in [-0.25, -0.2) is 4.39 Å². The van der Waals surface area contributed by atoms with Gasteiger partial charge in [0, 0.05) is 10.9 Å². The van der Waals surface area contributed by atoms with Crippen molar-refractivity contribution in [2.75, 3.05) is 0 Å². The average molecular weight is 222 g/mol. The quantitative estimate of drug-likeness (QED) is 0.793. The molecule has 0 saturated heterocycles. The lowest BCUT2D eigenvalue weighted by Crippen LogP contribution is -1.77. The molecule has 1 aromatic carbocycles. The molecule has 1 heterocycles. The lowest BCUT2D eigenvalue weighted by Gasteiger charge is -1.98.